The molecule has 1 aliphatic carbocycles. The van der Waals surface area contributed by atoms with Crippen LogP contribution >= 0.6 is 27.5 Å². The maximum absolute atomic E-state index is 6.18. The van der Waals surface area contributed by atoms with Gasteiger partial charge in [-0.15, -0.1) is 11.6 Å². The molecule has 4 heteroatoms. The van der Waals surface area contributed by atoms with Crippen LogP contribution in [0.4, 0.5) is 0 Å². The fourth-order valence-corrected chi connectivity index (χ4v) is 4.08. The largest absolute Gasteiger partial charge is 0.493 e. The molecule has 1 aromatic carbocycles. The van der Waals surface area contributed by atoms with Gasteiger partial charge in [0.15, 0.2) is 0 Å². The van der Waals surface area contributed by atoms with Crippen molar-refractivity contribution in [3.63, 3.8) is 0 Å². The number of rotatable bonds is 4. The molecule has 0 bridgehead atoms. The monoisotopic (exact) mass is 343 g/mol. The first-order valence-electron chi connectivity index (χ1n) is 6.98. The van der Waals surface area contributed by atoms with E-state index in [0.29, 0.717) is 5.88 Å². The number of fused-ring (bicyclic) bond motifs is 1. The zero-order valence-corrected chi connectivity index (χ0v) is 13.3. The van der Waals surface area contributed by atoms with E-state index in [1.54, 1.807) is 0 Å². The lowest BCUT2D eigenvalue weighted by Gasteiger charge is -2.28. The molecule has 0 spiro atoms. The summed E-state index contributed by atoms with van der Waals surface area (Å²) in [6.45, 7) is 1.65. The number of hydrogen-bond acceptors (Lipinski definition) is 2. The van der Waals surface area contributed by atoms with Crippen LogP contribution in [0.15, 0.2) is 16.6 Å². The Bertz CT molecular complexity index is 471. The van der Waals surface area contributed by atoms with E-state index < -0.39 is 0 Å². The zero-order chi connectivity index (χ0) is 13.3. The van der Waals surface area contributed by atoms with Crippen LogP contribution in [-0.4, -0.2) is 18.0 Å². The molecule has 1 aromatic rings. The van der Waals surface area contributed by atoms with E-state index in [4.69, 9.17) is 16.3 Å². The summed E-state index contributed by atoms with van der Waals surface area (Å²) in [6, 6.07) is 4.33. The van der Waals surface area contributed by atoms with Gasteiger partial charge in [0.05, 0.1) is 6.61 Å². The Morgan fingerprint density at radius 1 is 1.32 bits per heavy atom. The van der Waals surface area contributed by atoms with Crippen LogP contribution < -0.4 is 10.1 Å². The van der Waals surface area contributed by atoms with Gasteiger partial charge in [0.1, 0.15) is 5.75 Å². The second-order valence-corrected chi connectivity index (χ2v) is 6.81. The van der Waals surface area contributed by atoms with Crippen LogP contribution in [0, 0.1) is 0 Å². The highest BCUT2D eigenvalue weighted by Crippen LogP contribution is 2.35. The summed E-state index contributed by atoms with van der Waals surface area (Å²) in [4.78, 5) is 0. The molecule has 0 atom stereocenters. The van der Waals surface area contributed by atoms with Gasteiger partial charge < -0.3 is 10.1 Å². The van der Waals surface area contributed by atoms with Crippen LogP contribution in [0.1, 0.15) is 36.8 Å². The molecule has 0 aromatic heterocycles. The van der Waals surface area contributed by atoms with Gasteiger partial charge in [-0.05, 0) is 30.5 Å². The van der Waals surface area contributed by atoms with Crippen LogP contribution in [-0.2, 0) is 13.0 Å². The average Bonchev–Trinajstić information content (AvgIpc) is 3.05. The average molecular weight is 345 g/mol. The number of nitrogens with one attached hydrogen (secondary N) is 1. The topological polar surface area (TPSA) is 21.3 Å². The first-order chi connectivity index (χ1) is 9.22. The summed E-state index contributed by atoms with van der Waals surface area (Å²) < 4.78 is 6.91. The van der Waals surface area contributed by atoms with Gasteiger partial charge >= 0.3 is 0 Å². The maximum atomic E-state index is 6.18. The molecule has 1 heterocycles. The summed E-state index contributed by atoms with van der Waals surface area (Å²) in [5.41, 5.74) is 2.70. The molecule has 3 rings (SSSR count). The van der Waals surface area contributed by atoms with Gasteiger partial charge in [-0.2, -0.15) is 0 Å². The number of alkyl halides is 1. The quantitative estimate of drug-likeness (QED) is 0.833. The molecule has 104 valence electrons. The van der Waals surface area contributed by atoms with Crippen molar-refractivity contribution < 1.29 is 4.74 Å². The lowest BCUT2D eigenvalue weighted by atomic mass is 9.99. The minimum absolute atomic E-state index is 0.134. The molecule has 1 saturated carbocycles. The third-order valence-corrected chi connectivity index (χ3v) is 5.27. The molecular weight excluding hydrogens is 326 g/mol. The maximum Gasteiger partial charge on any atom is 0.127 e. The van der Waals surface area contributed by atoms with E-state index in [1.165, 1.54) is 36.8 Å². The fourth-order valence-electron chi connectivity index (χ4n) is 3.17. The Morgan fingerprint density at radius 2 is 2.11 bits per heavy atom. The van der Waals surface area contributed by atoms with E-state index in [-0.39, 0.29) is 5.54 Å². The third-order valence-electron chi connectivity index (χ3n) is 4.30. The van der Waals surface area contributed by atoms with Crippen molar-refractivity contribution in [3.8, 4) is 5.75 Å². The van der Waals surface area contributed by atoms with Crippen molar-refractivity contribution >= 4 is 27.5 Å². The number of hydrogen-bond donors (Lipinski definition) is 1. The van der Waals surface area contributed by atoms with Crippen molar-refractivity contribution in [2.75, 3.05) is 12.5 Å². The highest BCUT2D eigenvalue weighted by molar-refractivity contribution is 9.10. The first-order valence-corrected chi connectivity index (χ1v) is 8.30. The van der Waals surface area contributed by atoms with Crippen molar-refractivity contribution in [1.29, 1.82) is 0 Å². The molecule has 1 N–H and O–H groups in total. The minimum Gasteiger partial charge on any atom is -0.493 e. The zero-order valence-electron chi connectivity index (χ0n) is 11.0. The molecule has 1 aliphatic heterocycles. The molecule has 19 heavy (non-hydrogen) atoms. The van der Waals surface area contributed by atoms with E-state index in [0.717, 1.165) is 29.8 Å². The molecule has 0 saturated heterocycles. The number of benzene rings is 1. The van der Waals surface area contributed by atoms with Crippen LogP contribution in [0.5, 0.6) is 5.75 Å². The predicted molar refractivity (Wildman–Crippen MR) is 82.1 cm³/mol. The molecule has 0 amide bonds. The predicted octanol–water partition coefficient (Wildman–Crippen LogP) is 4.03. The lowest BCUT2D eigenvalue weighted by Crippen LogP contribution is -2.43. The second kappa shape index (κ2) is 5.63. The molecule has 2 aliphatic rings. The Kier molecular flexibility index (Phi) is 4.06. The SMILES string of the molecule is ClCC1(NCc2cc(Br)cc3c2OCC3)CCCC1. The first kappa shape index (κ1) is 13.7. The van der Waals surface area contributed by atoms with Gasteiger partial charge in [0.25, 0.3) is 0 Å². The molecule has 2 nitrogen and oxygen atoms in total. The second-order valence-electron chi connectivity index (χ2n) is 5.63. The van der Waals surface area contributed by atoms with E-state index in [9.17, 15) is 0 Å². The number of halogens is 2. The smallest absolute Gasteiger partial charge is 0.127 e. The molecule has 0 radical (unpaired) electrons. The third kappa shape index (κ3) is 2.79. The van der Waals surface area contributed by atoms with Gasteiger partial charge in [-0.3, -0.25) is 0 Å². The van der Waals surface area contributed by atoms with Gasteiger partial charge in [-0.25, -0.2) is 0 Å². The van der Waals surface area contributed by atoms with Gasteiger partial charge in [0, 0.05) is 34.4 Å². The van der Waals surface area contributed by atoms with Crippen LogP contribution in [0.25, 0.3) is 0 Å². The summed E-state index contributed by atoms with van der Waals surface area (Å²) in [7, 11) is 0. The van der Waals surface area contributed by atoms with E-state index in [1.807, 2.05) is 0 Å². The van der Waals surface area contributed by atoms with E-state index >= 15 is 0 Å². The van der Waals surface area contributed by atoms with E-state index in [2.05, 4.69) is 33.4 Å². The van der Waals surface area contributed by atoms with Gasteiger partial charge in [0.2, 0.25) is 0 Å². The minimum atomic E-state index is 0.134. The highest BCUT2D eigenvalue weighted by atomic mass is 79.9. The van der Waals surface area contributed by atoms with Crippen molar-refractivity contribution in [3.05, 3.63) is 27.7 Å². The van der Waals surface area contributed by atoms with Crippen LogP contribution in [0.3, 0.4) is 0 Å². The Hall–Kier alpha value is -0.250. The van der Waals surface area contributed by atoms with Crippen molar-refractivity contribution in [2.24, 2.45) is 0 Å². The summed E-state index contributed by atoms with van der Waals surface area (Å²) in [5.74, 6) is 1.78. The normalized spacial score (nSPS) is 20.3. The molecule has 0 unspecified atom stereocenters. The number of ether oxygens (including phenoxy) is 1. The van der Waals surface area contributed by atoms with Gasteiger partial charge in [-0.1, -0.05) is 28.8 Å². The summed E-state index contributed by atoms with van der Waals surface area (Å²) >= 11 is 9.77. The Balaban J connectivity index is 1.77. The molecule has 1 fully saturated rings. The Morgan fingerprint density at radius 3 is 2.84 bits per heavy atom. The summed E-state index contributed by atoms with van der Waals surface area (Å²) in [5, 5.41) is 3.69. The molecular formula is C15H19BrClNO. The highest BCUT2D eigenvalue weighted by Gasteiger charge is 2.32. The van der Waals surface area contributed by atoms with Crippen LogP contribution in [0.2, 0.25) is 0 Å². The van der Waals surface area contributed by atoms with Crippen molar-refractivity contribution in [1.82, 2.24) is 5.32 Å². The Labute approximate surface area is 128 Å². The lowest BCUT2D eigenvalue weighted by molar-refractivity contribution is 0.340. The van der Waals surface area contributed by atoms with Crippen molar-refractivity contribution in [2.45, 2.75) is 44.2 Å². The summed E-state index contributed by atoms with van der Waals surface area (Å²) in [6.07, 6.45) is 5.96. The standard InChI is InChI=1S/C15H19BrClNO/c16-13-7-11-3-6-19-14(11)12(8-13)9-18-15(10-17)4-1-2-5-15/h7-8,18H,1-6,9-10H2. The fraction of sp³-hybridized carbons (Fsp3) is 0.600.